The Kier molecular flexibility index (Phi) is 3.65. The molecule has 4 heteroatoms. The molecule has 0 amide bonds. The number of ketones is 1. The van der Waals surface area contributed by atoms with Gasteiger partial charge in [-0.1, -0.05) is 17.7 Å². The first-order chi connectivity index (χ1) is 6.02. The minimum Gasteiger partial charge on any atom is -0.298 e. The lowest BCUT2D eigenvalue weighted by Gasteiger charge is -2.06. The molecule has 1 aromatic carbocycles. The Morgan fingerprint density at radius 1 is 1.54 bits per heavy atom. The average molecular weight is 235 g/mol. The third kappa shape index (κ3) is 2.63. The van der Waals surface area contributed by atoms with Crippen LogP contribution in [0.15, 0.2) is 23.1 Å². The van der Waals surface area contributed by atoms with Crippen LogP contribution in [0.25, 0.3) is 0 Å². The zero-order chi connectivity index (χ0) is 10.0. The first-order valence-corrected chi connectivity index (χ1v) is 4.91. The summed E-state index contributed by atoms with van der Waals surface area (Å²) in [7, 11) is 0. The van der Waals surface area contributed by atoms with Crippen molar-refractivity contribution in [2.24, 2.45) is 0 Å². The third-order valence-electron chi connectivity index (χ3n) is 1.62. The fourth-order valence-electron chi connectivity index (χ4n) is 0.922. The maximum Gasteiger partial charge on any atom is 0.152 e. The van der Waals surface area contributed by atoms with Crippen LogP contribution in [0.1, 0.15) is 17.9 Å². The van der Waals surface area contributed by atoms with Gasteiger partial charge in [-0.25, -0.2) is 0 Å². The highest BCUT2D eigenvalue weighted by Crippen LogP contribution is 2.27. The van der Waals surface area contributed by atoms with E-state index in [0.29, 0.717) is 9.92 Å². The van der Waals surface area contributed by atoms with Crippen LogP contribution in [-0.2, 0) is 4.79 Å². The van der Waals surface area contributed by atoms with Gasteiger partial charge >= 0.3 is 0 Å². The summed E-state index contributed by atoms with van der Waals surface area (Å²) in [6, 6.07) is 5.10. The Morgan fingerprint density at radius 3 is 2.62 bits per heavy atom. The van der Waals surface area contributed by atoms with Crippen LogP contribution in [0.3, 0.4) is 0 Å². The largest absolute Gasteiger partial charge is 0.298 e. The molecule has 1 nitrogen and oxygen atoms in total. The maximum absolute atomic E-state index is 11.0. The molecule has 1 unspecified atom stereocenters. The summed E-state index contributed by atoms with van der Waals surface area (Å²) in [5, 5.41) is -0.0531. The van der Waals surface area contributed by atoms with Gasteiger partial charge in [0.25, 0.3) is 0 Å². The molecule has 0 radical (unpaired) electrons. The third-order valence-corrected chi connectivity index (χ3v) is 3.01. The quantitative estimate of drug-likeness (QED) is 0.613. The molecule has 0 aliphatic rings. The summed E-state index contributed by atoms with van der Waals surface area (Å²) in [6.07, 6.45) is 0. The summed E-state index contributed by atoms with van der Waals surface area (Å²) >= 11 is 15.7. The monoisotopic (exact) mass is 234 g/mol. The van der Waals surface area contributed by atoms with Crippen molar-refractivity contribution < 1.29 is 4.79 Å². The molecule has 13 heavy (non-hydrogen) atoms. The zero-order valence-electron chi connectivity index (χ0n) is 6.92. The van der Waals surface area contributed by atoms with Crippen molar-refractivity contribution in [2.45, 2.75) is 17.2 Å². The van der Waals surface area contributed by atoms with E-state index in [1.165, 1.54) is 6.92 Å². The maximum atomic E-state index is 11.0. The lowest BCUT2D eigenvalue weighted by atomic mass is 10.1. The predicted octanol–water partition coefficient (Wildman–Crippen LogP) is 3.50. The normalized spacial score (nSPS) is 12.6. The number of hydrogen-bond donors (Lipinski definition) is 1. The van der Waals surface area contributed by atoms with E-state index in [1.807, 2.05) is 0 Å². The van der Waals surface area contributed by atoms with E-state index >= 15 is 0 Å². The second kappa shape index (κ2) is 4.36. The molecule has 0 N–H and O–H groups in total. The number of benzene rings is 1. The van der Waals surface area contributed by atoms with Crippen LogP contribution in [-0.4, -0.2) is 5.78 Å². The zero-order valence-corrected chi connectivity index (χ0v) is 9.33. The number of carbonyl (C=O) groups is 1. The number of rotatable bonds is 2. The number of halogens is 2. The minimum atomic E-state index is -0.608. The molecule has 0 saturated carbocycles. The van der Waals surface area contributed by atoms with Crippen LogP contribution >= 0.6 is 35.8 Å². The van der Waals surface area contributed by atoms with E-state index in [9.17, 15) is 4.79 Å². The summed E-state index contributed by atoms with van der Waals surface area (Å²) in [4.78, 5) is 11.6. The van der Waals surface area contributed by atoms with Crippen LogP contribution in [0, 0.1) is 0 Å². The Morgan fingerprint density at radius 2 is 2.15 bits per heavy atom. The molecular formula is C9H8Cl2OS. The van der Waals surface area contributed by atoms with Crippen LogP contribution in [0.5, 0.6) is 0 Å². The summed E-state index contributed by atoms with van der Waals surface area (Å²) < 4.78 is 0. The van der Waals surface area contributed by atoms with Gasteiger partial charge in [-0.15, -0.1) is 24.2 Å². The highest BCUT2D eigenvalue weighted by molar-refractivity contribution is 7.80. The van der Waals surface area contributed by atoms with E-state index in [4.69, 9.17) is 23.2 Å². The lowest BCUT2D eigenvalue weighted by Crippen LogP contribution is -2.01. The number of carbonyl (C=O) groups excluding carboxylic acids is 1. The topological polar surface area (TPSA) is 17.1 Å². The Balaban J connectivity index is 3.03. The average Bonchev–Trinajstić information content (AvgIpc) is 2.08. The van der Waals surface area contributed by atoms with Gasteiger partial charge in [0.15, 0.2) is 5.78 Å². The number of thiol groups is 1. The fourth-order valence-corrected chi connectivity index (χ4v) is 1.40. The molecule has 1 rings (SSSR count). The summed E-state index contributed by atoms with van der Waals surface area (Å²) in [5.74, 6) is -0.0864. The molecule has 0 saturated heterocycles. The van der Waals surface area contributed by atoms with Gasteiger partial charge < -0.3 is 0 Å². The van der Waals surface area contributed by atoms with Crippen molar-refractivity contribution in [3.8, 4) is 0 Å². The molecule has 0 fully saturated rings. The van der Waals surface area contributed by atoms with Crippen molar-refractivity contribution >= 4 is 41.6 Å². The number of alkyl halides is 1. The van der Waals surface area contributed by atoms with Crippen molar-refractivity contribution in [3.05, 3.63) is 28.8 Å². The molecule has 0 aromatic heterocycles. The number of hydrogen-bond acceptors (Lipinski definition) is 2. The SMILES string of the molecule is CC(=O)C(Cl)c1ccc(Cl)c(S)c1. The Labute approximate surface area is 92.4 Å². The van der Waals surface area contributed by atoms with Crippen molar-refractivity contribution in [2.75, 3.05) is 0 Å². The van der Waals surface area contributed by atoms with Gasteiger partial charge in [-0.05, 0) is 24.6 Å². The van der Waals surface area contributed by atoms with E-state index in [1.54, 1.807) is 18.2 Å². The highest BCUT2D eigenvalue weighted by Gasteiger charge is 2.13. The van der Waals surface area contributed by atoms with E-state index in [0.717, 1.165) is 5.56 Å². The summed E-state index contributed by atoms with van der Waals surface area (Å²) in [5.41, 5.74) is 0.726. The second-order valence-corrected chi connectivity index (χ2v) is 4.01. The van der Waals surface area contributed by atoms with E-state index in [-0.39, 0.29) is 5.78 Å². The number of Topliss-reactive ketones (excluding diaryl/α,β-unsaturated/α-hetero) is 1. The Bertz CT molecular complexity index is 338. The molecule has 1 aromatic rings. The Hall–Kier alpha value is -0.180. The molecule has 0 bridgehead atoms. The highest BCUT2D eigenvalue weighted by atomic mass is 35.5. The molecule has 70 valence electrons. The smallest absolute Gasteiger partial charge is 0.152 e. The molecule has 0 heterocycles. The van der Waals surface area contributed by atoms with Crippen LogP contribution in [0.4, 0.5) is 0 Å². The molecular weight excluding hydrogens is 227 g/mol. The second-order valence-electron chi connectivity index (χ2n) is 2.68. The van der Waals surface area contributed by atoms with Crippen LogP contribution < -0.4 is 0 Å². The van der Waals surface area contributed by atoms with Gasteiger partial charge in [0.05, 0.1) is 5.02 Å². The first kappa shape index (κ1) is 10.9. The van der Waals surface area contributed by atoms with Crippen molar-refractivity contribution in [3.63, 3.8) is 0 Å². The van der Waals surface area contributed by atoms with Gasteiger partial charge in [0, 0.05) is 4.90 Å². The van der Waals surface area contributed by atoms with Gasteiger partial charge in [0.2, 0.25) is 0 Å². The van der Waals surface area contributed by atoms with Gasteiger partial charge in [-0.2, -0.15) is 0 Å². The van der Waals surface area contributed by atoms with E-state index in [2.05, 4.69) is 12.6 Å². The molecule has 0 spiro atoms. The van der Waals surface area contributed by atoms with Gasteiger partial charge in [-0.3, -0.25) is 4.79 Å². The minimum absolute atomic E-state index is 0.0864. The van der Waals surface area contributed by atoms with Crippen molar-refractivity contribution in [1.82, 2.24) is 0 Å². The standard InChI is InChI=1S/C9H8Cl2OS/c1-5(12)9(11)6-2-3-7(10)8(13)4-6/h2-4,9,13H,1H3. The summed E-state index contributed by atoms with van der Waals surface area (Å²) in [6.45, 7) is 1.45. The fraction of sp³-hybridized carbons (Fsp3) is 0.222. The van der Waals surface area contributed by atoms with E-state index < -0.39 is 5.38 Å². The molecule has 0 aliphatic heterocycles. The predicted molar refractivity (Wildman–Crippen MR) is 58.0 cm³/mol. The van der Waals surface area contributed by atoms with Crippen LogP contribution in [0.2, 0.25) is 5.02 Å². The van der Waals surface area contributed by atoms with Gasteiger partial charge in [0.1, 0.15) is 5.38 Å². The molecule has 1 atom stereocenters. The molecule has 0 aliphatic carbocycles. The lowest BCUT2D eigenvalue weighted by molar-refractivity contribution is -0.116. The van der Waals surface area contributed by atoms with Crippen molar-refractivity contribution in [1.29, 1.82) is 0 Å². The first-order valence-electron chi connectivity index (χ1n) is 3.65.